The van der Waals surface area contributed by atoms with Gasteiger partial charge in [-0.1, -0.05) is 17.6 Å². The zero-order chi connectivity index (χ0) is 18.6. The summed E-state index contributed by atoms with van der Waals surface area (Å²) >= 11 is 0. The highest BCUT2D eigenvalue weighted by Crippen LogP contribution is 2.31. The van der Waals surface area contributed by atoms with Crippen molar-refractivity contribution in [1.29, 1.82) is 0 Å². The molecule has 2 aliphatic rings. The fourth-order valence-corrected chi connectivity index (χ4v) is 3.53. The Morgan fingerprint density at radius 3 is 2.85 bits per heavy atom. The van der Waals surface area contributed by atoms with Gasteiger partial charge in [-0.2, -0.15) is 4.98 Å². The number of likely N-dealkylation sites (tertiary alicyclic amines) is 1. The molecule has 0 radical (unpaired) electrons. The van der Waals surface area contributed by atoms with Gasteiger partial charge in [-0.3, -0.25) is 4.90 Å². The second-order valence-corrected chi connectivity index (χ2v) is 7.55. The Hall–Kier alpha value is -1.86. The van der Waals surface area contributed by atoms with Crippen molar-refractivity contribution in [3.8, 4) is 0 Å². The molecule has 7 heteroatoms. The molecule has 4 rings (SSSR count). The van der Waals surface area contributed by atoms with Crippen molar-refractivity contribution in [2.75, 3.05) is 19.8 Å². The van der Waals surface area contributed by atoms with Gasteiger partial charge >= 0.3 is 0 Å². The second kappa shape index (κ2) is 8.44. The summed E-state index contributed by atoms with van der Waals surface area (Å²) in [5, 5.41) is 4.09. The van der Waals surface area contributed by atoms with E-state index >= 15 is 0 Å². The summed E-state index contributed by atoms with van der Waals surface area (Å²) < 4.78 is 37.8. The van der Waals surface area contributed by atoms with Crippen LogP contribution in [-0.4, -0.2) is 34.8 Å². The number of aromatic nitrogens is 2. The van der Waals surface area contributed by atoms with E-state index in [0.29, 0.717) is 31.3 Å². The number of hydrogen-bond acceptors (Lipinski definition) is 5. The number of ether oxygens (including phenoxy) is 1. The van der Waals surface area contributed by atoms with E-state index in [4.69, 9.17) is 9.26 Å². The second-order valence-electron chi connectivity index (χ2n) is 7.55. The maximum Gasteiger partial charge on any atom is 0.244 e. The smallest absolute Gasteiger partial charge is 0.244 e. The van der Waals surface area contributed by atoms with E-state index in [-0.39, 0.29) is 6.04 Å². The molecule has 1 aromatic heterocycles. The van der Waals surface area contributed by atoms with Crippen LogP contribution in [0.5, 0.6) is 0 Å². The Bertz CT molecular complexity index is 763. The van der Waals surface area contributed by atoms with Gasteiger partial charge in [-0.05, 0) is 55.8 Å². The number of benzene rings is 1. The van der Waals surface area contributed by atoms with E-state index in [1.54, 1.807) is 6.07 Å². The topological polar surface area (TPSA) is 51.4 Å². The summed E-state index contributed by atoms with van der Waals surface area (Å²) in [4.78, 5) is 6.76. The van der Waals surface area contributed by atoms with Gasteiger partial charge < -0.3 is 9.26 Å². The van der Waals surface area contributed by atoms with E-state index in [2.05, 4.69) is 15.0 Å². The Kier molecular flexibility index (Phi) is 5.78. The standard InChI is InChI=1S/C20H25F2N3O2/c21-16-7-6-15(11-17(16)22)12-25-9-2-1-3-18(25)20-23-19(24-27-20)8-10-26-13-14-4-5-14/h6-7,11,14,18H,1-5,8-10,12-13H2. The van der Waals surface area contributed by atoms with Crippen molar-refractivity contribution in [3.63, 3.8) is 0 Å². The Morgan fingerprint density at radius 2 is 2.04 bits per heavy atom. The molecule has 0 bridgehead atoms. The van der Waals surface area contributed by atoms with E-state index in [9.17, 15) is 8.78 Å². The van der Waals surface area contributed by atoms with Crippen molar-refractivity contribution in [2.45, 2.75) is 51.1 Å². The van der Waals surface area contributed by atoms with Crippen molar-refractivity contribution in [3.05, 3.63) is 47.1 Å². The van der Waals surface area contributed by atoms with Gasteiger partial charge in [0.2, 0.25) is 5.89 Å². The molecule has 2 aromatic rings. The monoisotopic (exact) mass is 377 g/mol. The van der Waals surface area contributed by atoms with Crippen LogP contribution >= 0.6 is 0 Å². The maximum atomic E-state index is 13.5. The van der Waals surface area contributed by atoms with E-state index in [1.165, 1.54) is 25.0 Å². The van der Waals surface area contributed by atoms with E-state index < -0.39 is 11.6 Å². The van der Waals surface area contributed by atoms with Gasteiger partial charge in [0.15, 0.2) is 17.5 Å². The van der Waals surface area contributed by atoms with Crippen LogP contribution in [0.1, 0.15) is 55.4 Å². The molecule has 1 saturated carbocycles. The van der Waals surface area contributed by atoms with E-state index in [0.717, 1.165) is 43.9 Å². The first-order valence-electron chi connectivity index (χ1n) is 9.77. The summed E-state index contributed by atoms with van der Waals surface area (Å²) in [6.45, 7) is 2.84. The number of piperidine rings is 1. The van der Waals surface area contributed by atoms with Gasteiger partial charge in [0, 0.05) is 19.6 Å². The average Bonchev–Trinajstić information content (AvgIpc) is 3.38. The lowest BCUT2D eigenvalue weighted by Gasteiger charge is -2.33. The van der Waals surface area contributed by atoms with Crippen molar-refractivity contribution >= 4 is 0 Å². The number of nitrogens with zero attached hydrogens (tertiary/aromatic N) is 3. The van der Waals surface area contributed by atoms with Crippen LogP contribution in [0.3, 0.4) is 0 Å². The first-order valence-corrected chi connectivity index (χ1v) is 9.77. The predicted molar refractivity (Wildman–Crippen MR) is 94.9 cm³/mol. The largest absolute Gasteiger partial charge is 0.381 e. The van der Waals surface area contributed by atoms with Crippen molar-refractivity contribution in [2.24, 2.45) is 5.92 Å². The lowest BCUT2D eigenvalue weighted by Crippen LogP contribution is -2.33. The number of hydrogen-bond donors (Lipinski definition) is 0. The molecule has 1 aliphatic carbocycles. The molecule has 1 saturated heterocycles. The molecule has 5 nitrogen and oxygen atoms in total. The zero-order valence-electron chi connectivity index (χ0n) is 15.4. The lowest BCUT2D eigenvalue weighted by molar-refractivity contribution is 0.111. The maximum absolute atomic E-state index is 13.5. The normalized spacial score (nSPS) is 20.9. The third-order valence-corrected chi connectivity index (χ3v) is 5.27. The molecule has 1 atom stereocenters. The van der Waals surface area contributed by atoms with E-state index in [1.807, 2.05) is 0 Å². The van der Waals surface area contributed by atoms with Crippen LogP contribution in [0.4, 0.5) is 8.78 Å². The van der Waals surface area contributed by atoms with Crippen LogP contribution in [0, 0.1) is 17.6 Å². The molecular formula is C20H25F2N3O2. The predicted octanol–water partition coefficient (Wildman–Crippen LogP) is 4.04. The molecule has 0 amide bonds. The first kappa shape index (κ1) is 18.5. The molecule has 1 aromatic carbocycles. The third kappa shape index (κ3) is 4.90. The minimum atomic E-state index is -0.820. The Balaban J connectivity index is 1.37. The van der Waals surface area contributed by atoms with Crippen LogP contribution in [-0.2, 0) is 17.7 Å². The fraction of sp³-hybridized carbons (Fsp3) is 0.600. The summed E-state index contributed by atoms with van der Waals surface area (Å²) in [7, 11) is 0. The average molecular weight is 377 g/mol. The molecule has 146 valence electrons. The molecular weight excluding hydrogens is 352 g/mol. The van der Waals surface area contributed by atoms with Gasteiger partial charge in [-0.25, -0.2) is 8.78 Å². The SMILES string of the molecule is Fc1ccc(CN2CCCCC2c2nc(CCOCC3CC3)no2)cc1F. The first-order chi connectivity index (χ1) is 13.2. The molecule has 2 heterocycles. The molecule has 0 N–H and O–H groups in total. The van der Waals surface area contributed by atoms with Crippen LogP contribution in [0.2, 0.25) is 0 Å². The Labute approximate surface area is 157 Å². The van der Waals surface area contributed by atoms with Crippen molar-refractivity contribution < 1.29 is 18.0 Å². The van der Waals surface area contributed by atoms with Crippen molar-refractivity contribution in [1.82, 2.24) is 15.0 Å². The highest BCUT2D eigenvalue weighted by Gasteiger charge is 2.29. The lowest BCUT2D eigenvalue weighted by atomic mass is 10.0. The summed E-state index contributed by atoms with van der Waals surface area (Å²) in [5.74, 6) is 0.387. The van der Waals surface area contributed by atoms with Gasteiger partial charge in [0.25, 0.3) is 0 Å². The van der Waals surface area contributed by atoms with Gasteiger partial charge in [0.1, 0.15) is 0 Å². The third-order valence-electron chi connectivity index (χ3n) is 5.27. The van der Waals surface area contributed by atoms with Gasteiger partial charge in [-0.15, -0.1) is 0 Å². The fourth-order valence-electron chi connectivity index (χ4n) is 3.53. The molecule has 2 fully saturated rings. The summed E-state index contributed by atoms with van der Waals surface area (Å²) in [5.41, 5.74) is 0.744. The van der Waals surface area contributed by atoms with Gasteiger partial charge in [0.05, 0.1) is 12.6 Å². The number of rotatable bonds is 8. The van der Waals surface area contributed by atoms with Crippen LogP contribution in [0.25, 0.3) is 0 Å². The minimum absolute atomic E-state index is 0.0143. The molecule has 27 heavy (non-hydrogen) atoms. The number of halogens is 2. The highest BCUT2D eigenvalue weighted by atomic mass is 19.2. The highest BCUT2D eigenvalue weighted by molar-refractivity contribution is 5.18. The molecule has 1 aliphatic heterocycles. The van der Waals surface area contributed by atoms with Crippen LogP contribution < -0.4 is 0 Å². The zero-order valence-corrected chi connectivity index (χ0v) is 15.4. The minimum Gasteiger partial charge on any atom is -0.381 e. The molecule has 1 unspecified atom stereocenters. The summed E-state index contributed by atoms with van der Waals surface area (Å²) in [6.07, 6.45) is 6.27. The molecule has 0 spiro atoms. The Morgan fingerprint density at radius 1 is 1.15 bits per heavy atom. The quantitative estimate of drug-likeness (QED) is 0.650. The summed E-state index contributed by atoms with van der Waals surface area (Å²) in [6, 6.07) is 4.08. The van der Waals surface area contributed by atoms with Crippen LogP contribution in [0.15, 0.2) is 22.7 Å².